The number of halogens is 1. The van der Waals surface area contributed by atoms with E-state index in [0.29, 0.717) is 16.3 Å². The van der Waals surface area contributed by atoms with Gasteiger partial charge >= 0.3 is 5.69 Å². The van der Waals surface area contributed by atoms with Crippen LogP contribution in [0.1, 0.15) is 5.56 Å². The Morgan fingerprint density at radius 3 is 2.57 bits per heavy atom. The van der Waals surface area contributed by atoms with Crippen LogP contribution in [0.15, 0.2) is 36.4 Å². The van der Waals surface area contributed by atoms with E-state index in [4.69, 9.17) is 21.1 Å². The molecule has 1 N–H and O–H groups in total. The molecule has 2 rings (SSSR count). The first-order valence-electron chi connectivity index (χ1n) is 5.94. The highest BCUT2D eigenvalue weighted by Crippen LogP contribution is 2.34. The molecule has 2 aromatic rings. The second-order valence-corrected chi connectivity index (χ2v) is 4.54. The number of benzene rings is 2. The average molecular weight is 310 g/mol. The first kappa shape index (κ1) is 15.1. The third kappa shape index (κ3) is 3.42. The topological polar surface area (TPSA) is 81.8 Å². The Bertz CT molecular complexity index is 674. The van der Waals surface area contributed by atoms with Crippen molar-refractivity contribution in [3.63, 3.8) is 0 Å². The number of hydrogen-bond acceptors (Lipinski definition) is 5. The molecule has 0 aliphatic rings. The molecule has 0 fully saturated rings. The van der Waals surface area contributed by atoms with Crippen LogP contribution in [0.3, 0.4) is 0 Å². The molecule has 6 nitrogen and oxygen atoms in total. The standard InChI is InChI=1S/C14H12ClNO5/c1-20-14-5-3-11(7-12(14)16(18)19)21-13-4-2-10(15)6-9(13)8-17/h2-7,17H,8H2,1H3. The molecule has 0 bridgehead atoms. The highest BCUT2D eigenvalue weighted by molar-refractivity contribution is 6.30. The van der Waals surface area contributed by atoms with Crippen molar-refractivity contribution in [2.24, 2.45) is 0 Å². The summed E-state index contributed by atoms with van der Waals surface area (Å²) in [5.41, 5.74) is 0.287. The molecule has 0 saturated carbocycles. The van der Waals surface area contributed by atoms with Crippen molar-refractivity contribution >= 4 is 17.3 Å². The predicted octanol–water partition coefficient (Wildman–Crippen LogP) is 3.54. The Hall–Kier alpha value is -2.31. The van der Waals surface area contributed by atoms with E-state index in [-0.39, 0.29) is 23.8 Å². The summed E-state index contributed by atoms with van der Waals surface area (Å²) in [5.74, 6) is 0.784. The van der Waals surface area contributed by atoms with Crippen molar-refractivity contribution in [3.05, 3.63) is 57.1 Å². The highest BCUT2D eigenvalue weighted by Gasteiger charge is 2.16. The maximum Gasteiger partial charge on any atom is 0.314 e. The summed E-state index contributed by atoms with van der Waals surface area (Å²) in [6.07, 6.45) is 0. The summed E-state index contributed by atoms with van der Waals surface area (Å²) < 4.78 is 10.5. The number of nitro benzene ring substituents is 1. The van der Waals surface area contributed by atoms with E-state index in [1.54, 1.807) is 24.3 Å². The average Bonchev–Trinajstić information content (AvgIpc) is 2.48. The Balaban J connectivity index is 2.36. The van der Waals surface area contributed by atoms with E-state index in [9.17, 15) is 15.2 Å². The quantitative estimate of drug-likeness (QED) is 0.674. The smallest absolute Gasteiger partial charge is 0.314 e. The summed E-state index contributed by atoms with van der Waals surface area (Å²) in [7, 11) is 1.35. The third-order valence-electron chi connectivity index (χ3n) is 2.77. The van der Waals surface area contributed by atoms with Crippen molar-refractivity contribution < 1.29 is 19.5 Å². The number of aliphatic hydroxyl groups excluding tert-OH is 1. The highest BCUT2D eigenvalue weighted by atomic mass is 35.5. The number of ether oxygens (including phenoxy) is 2. The number of aliphatic hydroxyl groups is 1. The second-order valence-electron chi connectivity index (χ2n) is 4.10. The lowest BCUT2D eigenvalue weighted by Crippen LogP contribution is -1.96. The van der Waals surface area contributed by atoms with Crippen LogP contribution in [0.25, 0.3) is 0 Å². The van der Waals surface area contributed by atoms with Gasteiger partial charge in [0.1, 0.15) is 11.5 Å². The number of hydrogen-bond donors (Lipinski definition) is 1. The molecule has 0 radical (unpaired) electrons. The fourth-order valence-electron chi connectivity index (χ4n) is 1.77. The molecule has 0 atom stereocenters. The van der Waals surface area contributed by atoms with E-state index >= 15 is 0 Å². The fraction of sp³-hybridized carbons (Fsp3) is 0.143. The molecule has 0 spiro atoms. The van der Waals surface area contributed by atoms with Gasteiger partial charge in [0.2, 0.25) is 0 Å². The van der Waals surface area contributed by atoms with Gasteiger partial charge in [0, 0.05) is 10.6 Å². The van der Waals surface area contributed by atoms with Gasteiger partial charge in [0.05, 0.1) is 24.7 Å². The summed E-state index contributed by atoms with van der Waals surface area (Å²) in [5, 5.41) is 20.7. The molecule has 0 aliphatic heterocycles. The molecular formula is C14H12ClNO5. The van der Waals surface area contributed by atoms with Crippen LogP contribution in [-0.2, 0) is 6.61 Å². The van der Waals surface area contributed by atoms with Crippen molar-refractivity contribution in [1.29, 1.82) is 0 Å². The van der Waals surface area contributed by atoms with Gasteiger partial charge in [0.15, 0.2) is 5.75 Å². The lowest BCUT2D eigenvalue weighted by atomic mass is 10.2. The Morgan fingerprint density at radius 2 is 1.95 bits per heavy atom. The molecule has 0 saturated heterocycles. The largest absolute Gasteiger partial charge is 0.490 e. The van der Waals surface area contributed by atoms with Crippen LogP contribution in [0.2, 0.25) is 5.02 Å². The van der Waals surface area contributed by atoms with Crippen LogP contribution in [0, 0.1) is 10.1 Å². The van der Waals surface area contributed by atoms with Crippen molar-refractivity contribution in [2.75, 3.05) is 7.11 Å². The minimum Gasteiger partial charge on any atom is -0.490 e. The number of nitrogens with zero attached hydrogens (tertiary/aromatic N) is 1. The molecule has 0 aromatic heterocycles. The Labute approximate surface area is 125 Å². The summed E-state index contributed by atoms with van der Waals surface area (Å²) in [4.78, 5) is 10.4. The van der Waals surface area contributed by atoms with Crippen molar-refractivity contribution in [1.82, 2.24) is 0 Å². The molecular weight excluding hydrogens is 298 g/mol. The summed E-state index contributed by atoms with van der Waals surface area (Å²) in [6, 6.07) is 9.00. The number of rotatable bonds is 5. The summed E-state index contributed by atoms with van der Waals surface area (Å²) in [6.45, 7) is -0.256. The molecule has 2 aromatic carbocycles. The van der Waals surface area contributed by atoms with Crippen LogP contribution in [-0.4, -0.2) is 17.1 Å². The van der Waals surface area contributed by atoms with Crippen molar-refractivity contribution in [3.8, 4) is 17.2 Å². The first-order valence-corrected chi connectivity index (χ1v) is 6.32. The number of nitro groups is 1. The van der Waals surface area contributed by atoms with E-state index < -0.39 is 4.92 Å². The lowest BCUT2D eigenvalue weighted by molar-refractivity contribution is -0.385. The van der Waals surface area contributed by atoms with Crippen LogP contribution < -0.4 is 9.47 Å². The SMILES string of the molecule is COc1ccc(Oc2ccc(Cl)cc2CO)cc1[N+](=O)[O-]. The van der Waals surface area contributed by atoms with E-state index in [1.165, 1.54) is 19.2 Å². The third-order valence-corrected chi connectivity index (χ3v) is 3.00. The maximum absolute atomic E-state index is 11.0. The van der Waals surface area contributed by atoms with Gasteiger partial charge in [0.25, 0.3) is 0 Å². The molecule has 110 valence electrons. The number of methoxy groups -OCH3 is 1. The zero-order valence-corrected chi connectivity index (χ0v) is 11.8. The van der Waals surface area contributed by atoms with Gasteiger partial charge in [-0.05, 0) is 30.3 Å². The minimum atomic E-state index is -0.555. The molecule has 7 heteroatoms. The lowest BCUT2D eigenvalue weighted by Gasteiger charge is -2.10. The van der Waals surface area contributed by atoms with Gasteiger partial charge in [-0.1, -0.05) is 11.6 Å². The minimum absolute atomic E-state index is 0.144. The Kier molecular flexibility index (Phi) is 4.62. The van der Waals surface area contributed by atoms with Gasteiger partial charge in [-0.2, -0.15) is 0 Å². The summed E-state index contributed by atoms with van der Waals surface area (Å²) >= 11 is 5.83. The maximum atomic E-state index is 11.0. The van der Waals surface area contributed by atoms with E-state index in [2.05, 4.69) is 0 Å². The van der Waals surface area contributed by atoms with E-state index in [0.717, 1.165) is 0 Å². The first-order chi connectivity index (χ1) is 10.0. The zero-order valence-electron chi connectivity index (χ0n) is 11.1. The molecule has 21 heavy (non-hydrogen) atoms. The molecule has 0 unspecified atom stereocenters. The molecule has 0 aliphatic carbocycles. The second kappa shape index (κ2) is 6.43. The van der Waals surface area contributed by atoms with Crippen LogP contribution in [0.4, 0.5) is 5.69 Å². The van der Waals surface area contributed by atoms with Crippen LogP contribution in [0.5, 0.6) is 17.2 Å². The molecule has 0 heterocycles. The normalized spacial score (nSPS) is 10.2. The van der Waals surface area contributed by atoms with Gasteiger partial charge in [-0.15, -0.1) is 0 Å². The predicted molar refractivity (Wildman–Crippen MR) is 77.1 cm³/mol. The molecule has 0 amide bonds. The monoisotopic (exact) mass is 309 g/mol. The van der Waals surface area contributed by atoms with Gasteiger partial charge < -0.3 is 14.6 Å². The fourth-order valence-corrected chi connectivity index (χ4v) is 1.97. The van der Waals surface area contributed by atoms with Gasteiger partial charge in [-0.25, -0.2) is 0 Å². The Morgan fingerprint density at radius 1 is 1.24 bits per heavy atom. The van der Waals surface area contributed by atoms with Crippen LogP contribution >= 0.6 is 11.6 Å². The van der Waals surface area contributed by atoms with E-state index in [1.807, 2.05) is 0 Å². The van der Waals surface area contributed by atoms with Crippen molar-refractivity contribution in [2.45, 2.75) is 6.61 Å². The zero-order chi connectivity index (χ0) is 15.4. The van der Waals surface area contributed by atoms with Gasteiger partial charge in [-0.3, -0.25) is 10.1 Å².